The Morgan fingerprint density at radius 3 is 2.63 bits per heavy atom. The van der Waals surface area contributed by atoms with Crippen molar-refractivity contribution >= 4 is 5.82 Å². The Morgan fingerprint density at radius 1 is 1.16 bits per heavy atom. The first-order chi connectivity index (χ1) is 9.38. The van der Waals surface area contributed by atoms with Gasteiger partial charge < -0.3 is 4.90 Å². The molecular weight excluding hydrogens is 240 g/mol. The molecule has 0 unspecified atom stereocenters. The van der Waals surface area contributed by atoms with Crippen molar-refractivity contribution < 1.29 is 0 Å². The lowest BCUT2D eigenvalue weighted by Crippen LogP contribution is -2.35. The lowest BCUT2D eigenvalue weighted by Gasteiger charge is -2.32. The molecule has 0 N–H and O–H groups in total. The third-order valence-corrected chi connectivity index (χ3v) is 3.45. The van der Waals surface area contributed by atoms with Crippen molar-refractivity contribution in [2.24, 2.45) is 0 Å². The predicted molar refractivity (Wildman–Crippen MR) is 69.5 cm³/mol. The first-order valence-electron chi connectivity index (χ1n) is 6.33. The van der Waals surface area contributed by atoms with Crippen LogP contribution >= 0.6 is 0 Å². The molecule has 1 aliphatic heterocycles. The van der Waals surface area contributed by atoms with Crippen LogP contribution in [0.5, 0.6) is 0 Å². The van der Waals surface area contributed by atoms with Crippen molar-refractivity contribution in [3.8, 4) is 6.07 Å². The van der Waals surface area contributed by atoms with Gasteiger partial charge in [0.05, 0.1) is 6.04 Å². The molecule has 0 saturated carbocycles. The molecule has 19 heavy (non-hydrogen) atoms. The van der Waals surface area contributed by atoms with Crippen LogP contribution in [0.2, 0.25) is 0 Å². The van der Waals surface area contributed by atoms with Gasteiger partial charge in [0.2, 0.25) is 0 Å². The molecule has 2 aromatic heterocycles. The molecule has 0 aromatic carbocycles. The first-order valence-corrected chi connectivity index (χ1v) is 6.33. The number of rotatable bonds is 2. The van der Waals surface area contributed by atoms with Gasteiger partial charge in [-0.05, 0) is 18.9 Å². The fraction of sp³-hybridized carbons (Fsp3) is 0.385. The highest BCUT2D eigenvalue weighted by molar-refractivity contribution is 5.49. The maximum absolute atomic E-state index is 9.06. The third kappa shape index (κ3) is 2.27. The standard InChI is InChI=1S/C13H14N6/c14-10-12-13(16-6-5-15-12)18-8-2-11(3-9-18)19-7-1-4-17-19/h1,4-7,11H,2-3,8-9H2. The molecule has 3 rings (SSSR count). The van der Waals surface area contributed by atoms with Gasteiger partial charge in [-0.1, -0.05) is 0 Å². The van der Waals surface area contributed by atoms with Gasteiger partial charge >= 0.3 is 0 Å². The number of anilines is 1. The Labute approximate surface area is 111 Å². The molecule has 2 aromatic rings. The molecule has 1 aliphatic rings. The van der Waals surface area contributed by atoms with Gasteiger partial charge in [-0.15, -0.1) is 0 Å². The van der Waals surface area contributed by atoms with E-state index in [1.54, 1.807) is 12.4 Å². The molecule has 0 radical (unpaired) electrons. The van der Waals surface area contributed by atoms with Crippen LogP contribution in [0.4, 0.5) is 5.82 Å². The van der Waals surface area contributed by atoms with E-state index in [9.17, 15) is 0 Å². The number of piperidine rings is 1. The summed E-state index contributed by atoms with van der Waals surface area (Å²) in [7, 11) is 0. The van der Waals surface area contributed by atoms with E-state index >= 15 is 0 Å². The number of nitriles is 1. The summed E-state index contributed by atoms with van der Waals surface area (Å²) in [5, 5.41) is 13.3. The SMILES string of the molecule is N#Cc1nccnc1N1CCC(n2cccn2)CC1. The zero-order chi connectivity index (χ0) is 13.1. The van der Waals surface area contributed by atoms with Crippen molar-refractivity contribution in [1.29, 1.82) is 5.26 Å². The zero-order valence-electron chi connectivity index (χ0n) is 10.5. The summed E-state index contributed by atoms with van der Waals surface area (Å²) in [6.07, 6.45) is 9.01. The van der Waals surface area contributed by atoms with E-state index < -0.39 is 0 Å². The van der Waals surface area contributed by atoms with Crippen LogP contribution in [0.25, 0.3) is 0 Å². The third-order valence-electron chi connectivity index (χ3n) is 3.45. The molecule has 0 spiro atoms. The predicted octanol–water partition coefficient (Wildman–Crippen LogP) is 1.39. The molecule has 6 heteroatoms. The van der Waals surface area contributed by atoms with Gasteiger partial charge in [0.1, 0.15) is 6.07 Å². The van der Waals surface area contributed by atoms with Gasteiger partial charge in [-0.25, -0.2) is 9.97 Å². The molecule has 0 amide bonds. The molecule has 0 aliphatic carbocycles. The van der Waals surface area contributed by atoms with Gasteiger partial charge in [-0.3, -0.25) is 4.68 Å². The summed E-state index contributed by atoms with van der Waals surface area (Å²) in [5.74, 6) is 0.698. The van der Waals surface area contributed by atoms with E-state index in [1.807, 2.05) is 23.1 Å². The minimum Gasteiger partial charge on any atom is -0.354 e. The molecule has 0 bridgehead atoms. The topological polar surface area (TPSA) is 70.6 Å². The summed E-state index contributed by atoms with van der Waals surface area (Å²) in [4.78, 5) is 10.5. The maximum Gasteiger partial charge on any atom is 0.183 e. The lowest BCUT2D eigenvalue weighted by molar-refractivity contribution is 0.365. The molecule has 3 heterocycles. The van der Waals surface area contributed by atoms with Crippen LogP contribution in [-0.2, 0) is 0 Å². The second kappa shape index (κ2) is 5.06. The molecule has 1 fully saturated rings. The number of hydrogen-bond donors (Lipinski definition) is 0. The van der Waals surface area contributed by atoms with Crippen molar-refractivity contribution in [2.75, 3.05) is 18.0 Å². The van der Waals surface area contributed by atoms with Crippen LogP contribution in [0, 0.1) is 11.3 Å². The Kier molecular flexibility index (Phi) is 3.11. The van der Waals surface area contributed by atoms with Crippen LogP contribution < -0.4 is 4.90 Å². The first kappa shape index (κ1) is 11.7. The van der Waals surface area contributed by atoms with Gasteiger partial charge in [0.15, 0.2) is 11.5 Å². The van der Waals surface area contributed by atoms with Crippen molar-refractivity contribution in [3.05, 3.63) is 36.5 Å². The van der Waals surface area contributed by atoms with E-state index in [4.69, 9.17) is 5.26 Å². The van der Waals surface area contributed by atoms with Crippen molar-refractivity contribution in [3.63, 3.8) is 0 Å². The summed E-state index contributed by atoms with van der Waals surface area (Å²) in [5.41, 5.74) is 0.403. The Hall–Kier alpha value is -2.42. The van der Waals surface area contributed by atoms with Crippen molar-refractivity contribution in [1.82, 2.24) is 19.7 Å². The zero-order valence-corrected chi connectivity index (χ0v) is 10.5. The molecule has 96 valence electrons. The summed E-state index contributed by atoms with van der Waals surface area (Å²) in [6, 6.07) is 4.48. The van der Waals surface area contributed by atoms with Gasteiger partial charge in [0, 0.05) is 37.9 Å². The second-order valence-corrected chi connectivity index (χ2v) is 4.54. The summed E-state index contributed by atoms with van der Waals surface area (Å²) < 4.78 is 2.01. The van der Waals surface area contributed by atoms with Crippen molar-refractivity contribution in [2.45, 2.75) is 18.9 Å². The normalized spacial score (nSPS) is 16.3. The largest absolute Gasteiger partial charge is 0.354 e. The Bertz CT molecular complexity index is 577. The monoisotopic (exact) mass is 254 g/mol. The van der Waals surface area contributed by atoms with E-state index in [1.165, 1.54) is 0 Å². The second-order valence-electron chi connectivity index (χ2n) is 4.54. The highest BCUT2D eigenvalue weighted by Gasteiger charge is 2.23. The quantitative estimate of drug-likeness (QED) is 0.809. The fourth-order valence-corrected chi connectivity index (χ4v) is 2.48. The Morgan fingerprint density at radius 2 is 1.95 bits per heavy atom. The van der Waals surface area contributed by atoms with Gasteiger partial charge in [0.25, 0.3) is 0 Å². The molecule has 0 atom stereocenters. The molecular formula is C13H14N6. The molecule has 1 saturated heterocycles. The number of nitrogens with zero attached hydrogens (tertiary/aromatic N) is 6. The van der Waals surface area contributed by atoms with E-state index in [2.05, 4.69) is 26.0 Å². The summed E-state index contributed by atoms with van der Waals surface area (Å²) >= 11 is 0. The average molecular weight is 254 g/mol. The van der Waals surface area contributed by atoms with E-state index in [-0.39, 0.29) is 0 Å². The fourth-order valence-electron chi connectivity index (χ4n) is 2.48. The highest BCUT2D eigenvalue weighted by atomic mass is 15.3. The Balaban J connectivity index is 1.72. The molecule has 6 nitrogen and oxygen atoms in total. The van der Waals surface area contributed by atoms with Gasteiger partial charge in [-0.2, -0.15) is 10.4 Å². The minimum absolute atomic E-state index is 0.403. The minimum atomic E-state index is 0.403. The van der Waals surface area contributed by atoms with Crippen LogP contribution in [-0.4, -0.2) is 32.8 Å². The average Bonchev–Trinajstić information content (AvgIpc) is 3.02. The lowest BCUT2D eigenvalue weighted by atomic mass is 10.1. The van der Waals surface area contributed by atoms with Crippen LogP contribution in [0.15, 0.2) is 30.9 Å². The highest BCUT2D eigenvalue weighted by Crippen LogP contribution is 2.25. The number of aromatic nitrogens is 4. The smallest absolute Gasteiger partial charge is 0.183 e. The maximum atomic E-state index is 9.06. The van der Waals surface area contributed by atoms with E-state index in [0.717, 1.165) is 25.9 Å². The van der Waals surface area contributed by atoms with Crippen LogP contribution in [0.1, 0.15) is 24.6 Å². The van der Waals surface area contributed by atoms with Crippen LogP contribution in [0.3, 0.4) is 0 Å². The van der Waals surface area contributed by atoms with E-state index in [0.29, 0.717) is 17.6 Å². The summed E-state index contributed by atoms with van der Waals surface area (Å²) in [6.45, 7) is 1.75. The number of hydrogen-bond acceptors (Lipinski definition) is 5.